The highest BCUT2D eigenvalue weighted by molar-refractivity contribution is 6.31. The molecule has 0 saturated carbocycles. The van der Waals surface area contributed by atoms with Gasteiger partial charge in [0, 0.05) is 24.1 Å². The Kier molecular flexibility index (Phi) is 4.43. The number of para-hydroxylation sites is 2. The van der Waals surface area contributed by atoms with E-state index in [9.17, 15) is 14.9 Å². The minimum Gasteiger partial charge on any atom is -0.351 e. The maximum atomic E-state index is 12.2. The van der Waals surface area contributed by atoms with Gasteiger partial charge in [0.25, 0.3) is 11.6 Å². The van der Waals surface area contributed by atoms with E-state index in [1.807, 2.05) is 24.3 Å². The molecule has 0 unspecified atom stereocenters. The van der Waals surface area contributed by atoms with Gasteiger partial charge in [-0.05, 0) is 24.3 Å². The number of hydrogen-bond acceptors (Lipinski definition) is 4. The summed E-state index contributed by atoms with van der Waals surface area (Å²) in [5.41, 5.74) is 1.44. The molecule has 0 aliphatic heterocycles. The molecule has 24 heavy (non-hydrogen) atoms. The Morgan fingerprint density at radius 1 is 1.29 bits per heavy atom. The Hall–Kier alpha value is -2.93. The first-order chi connectivity index (χ1) is 11.5. The monoisotopic (exact) mass is 344 g/mol. The zero-order chi connectivity index (χ0) is 17.1. The van der Waals surface area contributed by atoms with Gasteiger partial charge in [0.15, 0.2) is 0 Å². The summed E-state index contributed by atoms with van der Waals surface area (Å²) in [7, 11) is 0. The average Bonchev–Trinajstić information content (AvgIpc) is 2.97. The summed E-state index contributed by atoms with van der Waals surface area (Å²) in [4.78, 5) is 30.1. The Bertz CT molecular complexity index is 890. The van der Waals surface area contributed by atoms with Gasteiger partial charge in [0.05, 0.1) is 16.0 Å². The van der Waals surface area contributed by atoms with Crippen molar-refractivity contribution < 1.29 is 9.72 Å². The molecule has 3 aromatic rings. The van der Waals surface area contributed by atoms with Crippen molar-refractivity contribution in [2.75, 3.05) is 6.54 Å². The minimum atomic E-state index is -0.607. The first-order valence-electron chi connectivity index (χ1n) is 7.20. The summed E-state index contributed by atoms with van der Waals surface area (Å²) in [6.07, 6.45) is 0.481. The fraction of sp³-hybridized carbons (Fsp3) is 0.125. The van der Waals surface area contributed by atoms with E-state index in [1.165, 1.54) is 18.2 Å². The number of rotatable bonds is 5. The third-order valence-electron chi connectivity index (χ3n) is 3.49. The maximum Gasteiger partial charge on any atom is 0.282 e. The Morgan fingerprint density at radius 2 is 2.08 bits per heavy atom. The highest BCUT2D eigenvalue weighted by Gasteiger charge is 2.20. The van der Waals surface area contributed by atoms with E-state index in [1.54, 1.807) is 0 Å². The predicted octanol–water partition coefficient (Wildman–Crippen LogP) is 3.10. The van der Waals surface area contributed by atoms with Crippen molar-refractivity contribution in [1.29, 1.82) is 0 Å². The largest absolute Gasteiger partial charge is 0.351 e. The molecule has 0 spiro atoms. The molecular weight excluding hydrogens is 332 g/mol. The van der Waals surface area contributed by atoms with E-state index < -0.39 is 10.8 Å². The fourth-order valence-electron chi connectivity index (χ4n) is 2.36. The normalized spacial score (nSPS) is 10.7. The molecular formula is C16H13ClN4O3. The second kappa shape index (κ2) is 6.67. The summed E-state index contributed by atoms with van der Waals surface area (Å²) in [5, 5.41) is 13.9. The molecule has 1 aromatic heterocycles. The molecule has 2 N–H and O–H groups in total. The smallest absolute Gasteiger partial charge is 0.282 e. The number of nitrogens with zero attached hydrogens (tertiary/aromatic N) is 2. The number of aromatic nitrogens is 2. The summed E-state index contributed by atoms with van der Waals surface area (Å²) >= 11 is 5.82. The second-order valence-corrected chi connectivity index (χ2v) is 5.56. The topological polar surface area (TPSA) is 101 Å². The number of fused-ring (bicyclic) bond motifs is 1. The lowest BCUT2D eigenvalue weighted by Crippen LogP contribution is -2.26. The number of aromatic amines is 1. The second-order valence-electron chi connectivity index (χ2n) is 5.13. The maximum absolute atomic E-state index is 12.2. The lowest BCUT2D eigenvalue weighted by Gasteiger charge is -2.05. The van der Waals surface area contributed by atoms with Gasteiger partial charge < -0.3 is 10.3 Å². The number of hydrogen-bond donors (Lipinski definition) is 2. The van der Waals surface area contributed by atoms with Crippen LogP contribution in [0.4, 0.5) is 5.69 Å². The number of H-pyrrole nitrogens is 1. The summed E-state index contributed by atoms with van der Waals surface area (Å²) in [6, 6.07) is 11.5. The SMILES string of the molecule is O=C(NCCc1nc2ccccc2[nH]1)c1cc(Cl)ccc1[N+](=O)[O-]. The van der Waals surface area contributed by atoms with Gasteiger partial charge in [-0.25, -0.2) is 4.98 Å². The number of amides is 1. The fourth-order valence-corrected chi connectivity index (χ4v) is 2.54. The average molecular weight is 345 g/mol. The molecule has 0 fully saturated rings. The van der Waals surface area contributed by atoms with Crippen LogP contribution in [0.5, 0.6) is 0 Å². The van der Waals surface area contributed by atoms with Gasteiger partial charge in [0.2, 0.25) is 0 Å². The van der Waals surface area contributed by atoms with Crippen LogP contribution in [-0.2, 0) is 6.42 Å². The van der Waals surface area contributed by atoms with E-state index in [2.05, 4.69) is 15.3 Å². The molecule has 8 heteroatoms. The highest BCUT2D eigenvalue weighted by Crippen LogP contribution is 2.22. The first-order valence-corrected chi connectivity index (χ1v) is 7.58. The van der Waals surface area contributed by atoms with E-state index in [0.29, 0.717) is 13.0 Å². The van der Waals surface area contributed by atoms with Crippen molar-refractivity contribution >= 4 is 34.2 Å². The van der Waals surface area contributed by atoms with E-state index in [0.717, 1.165) is 16.9 Å². The molecule has 0 radical (unpaired) electrons. The lowest BCUT2D eigenvalue weighted by atomic mass is 10.1. The summed E-state index contributed by atoms with van der Waals surface area (Å²) in [6.45, 7) is 0.294. The third-order valence-corrected chi connectivity index (χ3v) is 3.72. The molecule has 1 heterocycles. The van der Waals surface area contributed by atoms with Gasteiger partial charge in [-0.1, -0.05) is 23.7 Å². The van der Waals surface area contributed by atoms with Crippen LogP contribution in [0.15, 0.2) is 42.5 Å². The zero-order valence-electron chi connectivity index (χ0n) is 12.5. The molecule has 0 bridgehead atoms. The number of carbonyl (C=O) groups is 1. The van der Waals surface area contributed by atoms with Gasteiger partial charge in [-0.2, -0.15) is 0 Å². The van der Waals surface area contributed by atoms with Gasteiger partial charge in [-0.15, -0.1) is 0 Å². The van der Waals surface area contributed by atoms with Crippen LogP contribution in [0.3, 0.4) is 0 Å². The van der Waals surface area contributed by atoms with Crippen LogP contribution in [0.1, 0.15) is 16.2 Å². The predicted molar refractivity (Wildman–Crippen MR) is 90.2 cm³/mol. The third kappa shape index (κ3) is 3.36. The number of nitrogens with one attached hydrogen (secondary N) is 2. The molecule has 2 aromatic carbocycles. The van der Waals surface area contributed by atoms with E-state index in [4.69, 9.17) is 11.6 Å². The highest BCUT2D eigenvalue weighted by atomic mass is 35.5. The van der Waals surface area contributed by atoms with Crippen molar-refractivity contribution in [2.24, 2.45) is 0 Å². The van der Waals surface area contributed by atoms with E-state index in [-0.39, 0.29) is 16.3 Å². The van der Waals surface area contributed by atoms with Crippen LogP contribution in [0, 0.1) is 10.1 Å². The number of nitro groups is 1. The van der Waals surface area contributed by atoms with Crippen LogP contribution in [0.25, 0.3) is 11.0 Å². The molecule has 122 valence electrons. The van der Waals surface area contributed by atoms with Gasteiger partial charge >= 0.3 is 0 Å². The summed E-state index contributed by atoms with van der Waals surface area (Å²) < 4.78 is 0. The van der Waals surface area contributed by atoms with Crippen LogP contribution in [-0.4, -0.2) is 27.3 Å². The molecule has 0 aliphatic carbocycles. The van der Waals surface area contributed by atoms with Crippen molar-refractivity contribution in [1.82, 2.24) is 15.3 Å². The molecule has 0 aliphatic rings. The first kappa shape index (κ1) is 15.9. The minimum absolute atomic E-state index is 0.0582. The van der Waals surface area contributed by atoms with Crippen molar-refractivity contribution in [3.05, 3.63) is 69.0 Å². The van der Waals surface area contributed by atoms with Crippen molar-refractivity contribution in [3.8, 4) is 0 Å². The summed E-state index contributed by atoms with van der Waals surface area (Å²) in [5.74, 6) is 0.192. The number of imidazole rings is 1. The van der Waals surface area contributed by atoms with Crippen molar-refractivity contribution in [2.45, 2.75) is 6.42 Å². The molecule has 1 amide bonds. The van der Waals surface area contributed by atoms with Gasteiger partial charge in [0.1, 0.15) is 11.4 Å². The zero-order valence-corrected chi connectivity index (χ0v) is 13.2. The van der Waals surface area contributed by atoms with E-state index >= 15 is 0 Å². The molecule has 3 rings (SSSR count). The Morgan fingerprint density at radius 3 is 2.83 bits per heavy atom. The van der Waals surface area contributed by atoms with Crippen LogP contribution < -0.4 is 5.32 Å². The van der Waals surface area contributed by atoms with Crippen LogP contribution in [0.2, 0.25) is 5.02 Å². The number of carbonyl (C=O) groups excluding carboxylic acids is 1. The lowest BCUT2D eigenvalue weighted by molar-refractivity contribution is -0.385. The molecule has 0 atom stereocenters. The van der Waals surface area contributed by atoms with Crippen LogP contribution >= 0.6 is 11.6 Å². The Labute approximate surface area is 141 Å². The number of halogens is 1. The standard InChI is InChI=1S/C16H13ClN4O3/c17-10-5-6-14(21(23)24)11(9-10)16(22)18-8-7-15-19-12-3-1-2-4-13(12)20-15/h1-6,9H,7-8H2,(H,18,22)(H,19,20). The molecule has 0 saturated heterocycles. The van der Waals surface area contributed by atoms with Gasteiger partial charge in [-0.3, -0.25) is 14.9 Å². The number of benzene rings is 2. The Balaban J connectivity index is 1.67. The van der Waals surface area contributed by atoms with Crippen molar-refractivity contribution in [3.63, 3.8) is 0 Å². The molecule has 7 nitrogen and oxygen atoms in total. The number of nitro benzene ring substituents is 1. The quantitative estimate of drug-likeness (QED) is 0.548.